The summed E-state index contributed by atoms with van der Waals surface area (Å²) in [6.45, 7) is 6.71. The number of carbonyl (C=O) groups excluding carboxylic acids is 2. The van der Waals surface area contributed by atoms with E-state index >= 15 is 0 Å². The molecule has 9 N–H and O–H groups in total. The van der Waals surface area contributed by atoms with E-state index in [1.807, 2.05) is 0 Å². The quantitative estimate of drug-likeness (QED) is 0.149. The third kappa shape index (κ3) is 14.4. The molecule has 2 amide bonds. The summed E-state index contributed by atoms with van der Waals surface area (Å²) in [5.41, 5.74) is 22.8. The molecule has 31 heavy (non-hydrogen) atoms. The Bertz CT molecular complexity index is 449. The molecule has 0 bridgehead atoms. The maximum absolute atomic E-state index is 13.0. The lowest BCUT2D eigenvalue weighted by molar-refractivity contribution is -0.133. The first-order valence-corrected chi connectivity index (χ1v) is 11.7. The Morgan fingerprint density at radius 3 is 1.65 bits per heavy atom. The third-order valence-corrected chi connectivity index (χ3v) is 5.26. The highest BCUT2D eigenvalue weighted by atomic mass is 16.2. The second kappa shape index (κ2) is 19.4. The van der Waals surface area contributed by atoms with E-state index in [0.717, 1.165) is 64.8 Å². The molecule has 0 heterocycles. The van der Waals surface area contributed by atoms with Gasteiger partial charge in [0.05, 0.1) is 12.6 Å². The topological polar surface area (TPSA) is 160 Å². The van der Waals surface area contributed by atoms with E-state index < -0.39 is 0 Å². The van der Waals surface area contributed by atoms with Crippen LogP contribution in [0.1, 0.15) is 38.5 Å². The van der Waals surface area contributed by atoms with Crippen molar-refractivity contribution >= 4 is 11.8 Å². The molecule has 0 aromatic rings. The van der Waals surface area contributed by atoms with Gasteiger partial charge in [0.2, 0.25) is 11.8 Å². The Hall–Kier alpha value is -1.30. The summed E-state index contributed by atoms with van der Waals surface area (Å²) >= 11 is 0. The summed E-state index contributed by atoms with van der Waals surface area (Å²) in [7, 11) is 3.36. The van der Waals surface area contributed by atoms with Crippen LogP contribution in [0.15, 0.2) is 0 Å². The molecule has 0 spiro atoms. The Morgan fingerprint density at radius 1 is 0.742 bits per heavy atom. The summed E-state index contributed by atoms with van der Waals surface area (Å²) in [6, 6.07) is -0.307. The zero-order valence-corrected chi connectivity index (χ0v) is 19.9. The van der Waals surface area contributed by atoms with E-state index in [-0.39, 0.29) is 24.4 Å². The molecular formula is C21H48N8O2. The highest BCUT2D eigenvalue weighted by molar-refractivity contribution is 5.87. The van der Waals surface area contributed by atoms with Gasteiger partial charge < -0.3 is 38.1 Å². The third-order valence-electron chi connectivity index (χ3n) is 5.26. The number of carbonyl (C=O) groups is 2. The summed E-state index contributed by atoms with van der Waals surface area (Å²) in [5.74, 6) is -0.239. The van der Waals surface area contributed by atoms with Gasteiger partial charge in [-0.05, 0) is 84.3 Å². The molecule has 10 heteroatoms. The van der Waals surface area contributed by atoms with E-state index in [1.54, 1.807) is 14.1 Å². The Morgan fingerprint density at radius 2 is 1.19 bits per heavy atom. The number of amides is 2. The Kier molecular flexibility index (Phi) is 18.6. The minimum atomic E-state index is -0.307. The van der Waals surface area contributed by atoms with Gasteiger partial charge in [0, 0.05) is 27.2 Å². The molecule has 0 aliphatic carbocycles. The summed E-state index contributed by atoms with van der Waals surface area (Å²) < 4.78 is 0. The van der Waals surface area contributed by atoms with Crippen LogP contribution >= 0.6 is 0 Å². The van der Waals surface area contributed by atoms with E-state index in [1.165, 1.54) is 4.90 Å². The van der Waals surface area contributed by atoms with Gasteiger partial charge in [0.1, 0.15) is 0 Å². The average molecular weight is 445 g/mol. The number of hydrogen-bond donors (Lipinski definition) is 5. The van der Waals surface area contributed by atoms with Crippen LogP contribution < -0.4 is 28.3 Å². The van der Waals surface area contributed by atoms with Crippen molar-refractivity contribution in [3.63, 3.8) is 0 Å². The van der Waals surface area contributed by atoms with Crippen LogP contribution in [0.2, 0.25) is 0 Å². The van der Waals surface area contributed by atoms with Crippen LogP contribution in [0.3, 0.4) is 0 Å². The highest BCUT2D eigenvalue weighted by Crippen LogP contribution is 2.11. The number of likely N-dealkylation sites (N-methyl/N-ethyl adjacent to an activating group) is 1. The maximum Gasteiger partial charge on any atom is 0.241 e. The number of nitrogens with two attached hydrogens (primary N) is 4. The minimum Gasteiger partial charge on any atom is -0.347 e. The van der Waals surface area contributed by atoms with Gasteiger partial charge in [0.15, 0.2) is 0 Å². The molecule has 0 unspecified atom stereocenters. The lowest BCUT2D eigenvalue weighted by atomic mass is 10.1. The van der Waals surface area contributed by atoms with Gasteiger partial charge in [0.25, 0.3) is 0 Å². The number of nitrogens with zero attached hydrogens (tertiary/aromatic N) is 3. The fraction of sp³-hybridized carbons (Fsp3) is 0.905. The van der Waals surface area contributed by atoms with Crippen molar-refractivity contribution in [2.24, 2.45) is 22.9 Å². The number of hydrogen-bond acceptors (Lipinski definition) is 8. The molecule has 1 atom stereocenters. The fourth-order valence-corrected chi connectivity index (χ4v) is 3.40. The molecule has 0 aliphatic rings. The van der Waals surface area contributed by atoms with Crippen molar-refractivity contribution < 1.29 is 9.59 Å². The van der Waals surface area contributed by atoms with Crippen molar-refractivity contribution in [2.45, 2.75) is 44.6 Å². The Labute approximate surface area is 189 Å². The van der Waals surface area contributed by atoms with Gasteiger partial charge in [-0.25, -0.2) is 0 Å². The van der Waals surface area contributed by atoms with E-state index in [0.29, 0.717) is 32.6 Å². The molecule has 10 nitrogen and oxygen atoms in total. The molecule has 0 saturated heterocycles. The van der Waals surface area contributed by atoms with Gasteiger partial charge in [-0.15, -0.1) is 0 Å². The van der Waals surface area contributed by atoms with Gasteiger partial charge in [-0.2, -0.15) is 0 Å². The Balaban J connectivity index is 5.10. The van der Waals surface area contributed by atoms with Crippen molar-refractivity contribution in [1.82, 2.24) is 20.0 Å². The van der Waals surface area contributed by atoms with Crippen LogP contribution in [0.25, 0.3) is 0 Å². The van der Waals surface area contributed by atoms with E-state index in [4.69, 9.17) is 22.9 Å². The predicted molar refractivity (Wildman–Crippen MR) is 127 cm³/mol. The first kappa shape index (κ1) is 29.7. The van der Waals surface area contributed by atoms with Crippen LogP contribution in [0.5, 0.6) is 0 Å². The molecule has 0 aliphatic heterocycles. The molecular weight excluding hydrogens is 396 g/mol. The average Bonchev–Trinajstić information content (AvgIpc) is 2.76. The molecule has 184 valence electrons. The van der Waals surface area contributed by atoms with Crippen LogP contribution in [-0.2, 0) is 9.59 Å². The second-order valence-corrected chi connectivity index (χ2v) is 8.11. The number of rotatable bonds is 20. The van der Waals surface area contributed by atoms with Crippen molar-refractivity contribution in [2.75, 3.05) is 79.5 Å². The molecule has 0 aromatic carbocycles. The lowest BCUT2D eigenvalue weighted by Crippen LogP contribution is -2.50. The van der Waals surface area contributed by atoms with Crippen molar-refractivity contribution in [3.8, 4) is 0 Å². The standard InChI is InChI=1S/C21H48N8O2/c1-27(2)20(30)18-26-21(31)19(29(16-6-11-24)17-7-12-25)8-3-13-28(14-4-9-22)15-5-10-23/h19H,3-18,22-25H2,1-2H3,(H,26,31)/t19-/m0/s1. The zero-order valence-electron chi connectivity index (χ0n) is 19.9. The predicted octanol–water partition coefficient (Wildman–Crippen LogP) is -1.66. The van der Waals surface area contributed by atoms with Gasteiger partial charge in [-0.3, -0.25) is 14.5 Å². The minimum absolute atomic E-state index is 0.00305. The van der Waals surface area contributed by atoms with E-state index in [9.17, 15) is 9.59 Å². The molecule has 0 radical (unpaired) electrons. The molecule has 0 aromatic heterocycles. The van der Waals surface area contributed by atoms with Crippen LogP contribution in [0, 0.1) is 0 Å². The van der Waals surface area contributed by atoms with Crippen LogP contribution in [-0.4, -0.2) is 112 Å². The SMILES string of the molecule is CN(C)C(=O)CNC(=O)[C@H](CCCN(CCCN)CCCN)N(CCCN)CCCN. The smallest absolute Gasteiger partial charge is 0.241 e. The zero-order chi connectivity index (χ0) is 23.5. The summed E-state index contributed by atoms with van der Waals surface area (Å²) in [5, 5.41) is 2.82. The number of nitrogens with one attached hydrogen (secondary N) is 1. The largest absolute Gasteiger partial charge is 0.347 e. The van der Waals surface area contributed by atoms with Crippen molar-refractivity contribution in [1.29, 1.82) is 0 Å². The maximum atomic E-state index is 13.0. The highest BCUT2D eigenvalue weighted by Gasteiger charge is 2.25. The lowest BCUT2D eigenvalue weighted by Gasteiger charge is -2.32. The normalized spacial score (nSPS) is 12.4. The first-order chi connectivity index (χ1) is 14.9. The summed E-state index contributed by atoms with van der Waals surface area (Å²) in [4.78, 5) is 31.0. The summed E-state index contributed by atoms with van der Waals surface area (Å²) in [6.07, 6.45) is 5.09. The molecule has 0 saturated carbocycles. The van der Waals surface area contributed by atoms with Crippen molar-refractivity contribution in [3.05, 3.63) is 0 Å². The van der Waals surface area contributed by atoms with Crippen LogP contribution in [0.4, 0.5) is 0 Å². The van der Waals surface area contributed by atoms with Gasteiger partial charge in [-0.1, -0.05) is 0 Å². The first-order valence-electron chi connectivity index (χ1n) is 11.7. The molecule has 0 rings (SSSR count). The van der Waals surface area contributed by atoms with E-state index in [2.05, 4.69) is 15.1 Å². The van der Waals surface area contributed by atoms with Gasteiger partial charge >= 0.3 is 0 Å². The fourth-order valence-electron chi connectivity index (χ4n) is 3.40. The molecule has 0 fully saturated rings. The monoisotopic (exact) mass is 444 g/mol. The second-order valence-electron chi connectivity index (χ2n) is 8.11.